The highest BCUT2D eigenvalue weighted by Crippen LogP contribution is 2.54. The number of primary amides is 1. The molecule has 0 radical (unpaired) electrons. The van der Waals surface area contributed by atoms with Crippen molar-refractivity contribution in [2.75, 3.05) is 32.5 Å². The number of carbonyl (C=O) groups excluding carboxylic acids is 3. The van der Waals surface area contributed by atoms with Crippen LogP contribution in [0.3, 0.4) is 0 Å². The van der Waals surface area contributed by atoms with E-state index >= 15 is 4.39 Å². The largest absolute Gasteiger partial charge is 0.510 e. The van der Waals surface area contributed by atoms with Crippen LogP contribution in [0, 0.1) is 17.7 Å². The van der Waals surface area contributed by atoms with Crippen LogP contribution in [0.5, 0.6) is 5.75 Å². The molecular weight excluding hydrogens is 499 g/mol. The molecule has 4 aliphatic rings. The third kappa shape index (κ3) is 3.26. The Bertz CT molecular complexity index is 1350. The Kier molecular flexibility index (Phi) is 6.04. The van der Waals surface area contributed by atoms with Gasteiger partial charge in [-0.3, -0.25) is 14.4 Å². The molecule has 0 spiro atoms. The molecule has 204 valence electrons. The molecule has 1 unspecified atom stereocenters. The lowest BCUT2D eigenvalue weighted by molar-refractivity contribution is -0.146. The Balaban J connectivity index is 1.72. The molecule has 0 aromatic heterocycles. The van der Waals surface area contributed by atoms with Crippen molar-refractivity contribution < 1.29 is 39.2 Å². The van der Waals surface area contributed by atoms with Crippen molar-refractivity contribution in [2.45, 2.75) is 43.9 Å². The van der Waals surface area contributed by atoms with E-state index in [1.807, 2.05) is 4.90 Å². The van der Waals surface area contributed by atoms with E-state index in [4.69, 9.17) is 5.73 Å². The van der Waals surface area contributed by atoms with Gasteiger partial charge in [-0.2, -0.15) is 0 Å². The van der Waals surface area contributed by atoms with Crippen LogP contribution in [0.15, 0.2) is 22.7 Å². The summed E-state index contributed by atoms with van der Waals surface area (Å²) in [4.78, 5) is 41.0. The van der Waals surface area contributed by atoms with Crippen molar-refractivity contribution in [1.29, 1.82) is 0 Å². The van der Waals surface area contributed by atoms with Crippen LogP contribution in [0.4, 0.5) is 10.1 Å². The van der Waals surface area contributed by atoms with E-state index in [0.717, 1.165) is 0 Å². The van der Waals surface area contributed by atoms with Gasteiger partial charge in [0.05, 0.1) is 17.3 Å². The van der Waals surface area contributed by atoms with Gasteiger partial charge in [-0.05, 0) is 45.8 Å². The van der Waals surface area contributed by atoms with Crippen molar-refractivity contribution in [3.05, 3.63) is 45.2 Å². The molecule has 0 saturated heterocycles. The number of halogens is 1. The number of amides is 1. The molecule has 1 aliphatic heterocycles. The number of nitrogens with zero attached hydrogens (tertiary/aromatic N) is 1. The number of phenols is 1. The molecule has 0 bridgehead atoms. The molecule has 0 fully saturated rings. The van der Waals surface area contributed by atoms with Gasteiger partial charge in [-0.25, -0.2) is 4.39 Å². The van der Waals surface area contributed by atoms with E-state index in [9.17, 15) is 34.8 Å². The lowest BCUT2D eigenvalue weighted by atomic mass is 9.58. The number of fused-ring (bicyclic) bond motifs is 4. The molecule has 38 heavy (non-hydrogen) atoms. The lowest BCUT2D eigenvalue weighted by Gasteiger charge is -2.49. The summed E-state index contributed by atoms with van der Waals surface area (Å²) in [6.07, 6.45) is 0.376. The van der Waals surface area contributed by atoms with E-state index in [2.05, 4.69) is 10.6 Å². The first kappa shape index (κ1) is 26.1. The van der Waals surface area contributed by atoms with Gasteiger partial charge in [0.1, 0.15) is 22.9 Å². The predicted molar refractivity (Wildman–Crippen MR) is 133 cm³/mol. The monoisotopic (exact) mass is 530 g/mol. The Hall–Kier alpha value is -3.48. The topological polar surface area (TPSA) is 185 Å². The first-order chi connectivity index (χ1) is 17.9. The van der Waals surface area contributed by atoms with Gasteiger partial charge in [-0.1, -0.05) is 6.92 Å². The number of nitrogens with two attached hydrogens (primary N) is 1. The normalized spacial score (nSPS) is 30.5. The summed E-state index contributed by atoms with van der Waals surface area (Å²) >= 11 is 0. The van der Waals surface area contributed by atoms with Crippen LogP contribution in [0.2, 0.25) is 0 Å². The van der Waals surface area contributed by atoms with E-state index in [0.29, 0.717) is 13.0 Å². The minimum atomic E-state index is -2.74. The number of rotatable bonds is 4. The van der Waals surface area contributed by atoms with Crippen LogP contribution >= 0.6 is 0 Å². The number of hydrogen-bond acceptors (Lipinski definition) is 10. The number of aromatic hydroxyl groups is 1. The number of nitrogens with one attached hydrogen (secondary N) is 2. The van der Waals surface area contributed by atoms with Crippen LogP contribution in [-0.4, -0.2) is 81.6 Å². The van der Waals surface area contributed by atoms with Crippen molar-refractivity contribution in [2.24, 2.45) is 17.6 Å². The molecule has 1 heterocycles. The minimum absolute atomic E-state index is 0.00600. The zero-order valence-electron chi connectivity index (χ0n) is 21.3. The lowest BCUT2D eigenvalue weighted by Crippen LogP contribution is -2.64. The predicted octanol–water partition coefficient (Wildman–Crippen LogP) is 0.726. The Labute approximate surface area is 217 Å². The minimum Gasteiger partial charge on any atom is -0.510 e. The SMILES string of the molecule is CCN[C@@H]1C(O)=C(C(N)=O)C(=O)[C@@]2(O)C(O)=C3C(=O)c4c(O)c5c(c(F)c4C[C@H]3C[C@@H]12)C(N(C)C)CCN5. The van der Waals surface area contributed by atoms with Gasteiger partial charge in [0.25, 0.3) is 5.91 Å². The Morgan fingerprint density at radius 1 is 1.26 bits per heavy atom. The van der Waals surface area contributed by atoms with Crippen LogP contribution < -0.4 is 16.4 Å². The number of ketones is 2. The zero-order chi connectivity index (χ0) is 27.8. The number of hydrogen-bond donors (Lipinski definition) is 7. The summed E-state index contributed by atoms with van der Waals surface area (Å²) in [6.45, 7) is 2.40. The van der Waals surface area contributed by atoms with Gasteiger partial charge < -0.3 is 41.7 Å². The number of aliphatic hydroxyl groups excluding tert-OH is 2. The van der Waals surface area contributed by atoms with E-state index in [1.165, 1.54) is 0 Å². The highest BCUT2D eigenvalue weighted by Gasteiger charge is 2.63. The molecule has 5 atom stereocenters. The van der Waals surface area contributed by atoms with Gasteiger partial charge in [0, 0.05) is 35.2 Å². The molecule has 11 nitrogen and oxygen atoms in total. The number of phenolic OH excluding ortho intramolecular Hbond substituents is 1. The summed E-state index contributed by atoms with van der Waals surface area (Å²) in [5.41, 5.74) is 1.38. The van der Waals surface area contributed by atoms with Crippen molar-refractivity contribution >= 4 is 23.2 Å². The maximum absolute atomic E-state index is 16.1. The fraction of sp³-hybridized carbons (Fsp3) is 0.500. The molecule has 12 heteroatoms. The molecule has 0 saturated carbocycles. The first-order valence-corrected chi connectivity index (χ1v) is 12.6. The Morgan fingerprint density at radius 3 is 2.55 bits per heavy atom. The fourth-order valence-electron chi connectivity index (χ4n) is 6.73. The number of allylic oxidation sites excluding steroid dienone is 1. The van der Waals surface area contributed by atoms with Crippen molar-refractivity contribution in [1.82, 2.24) is 10.2 Å². The summed E-state index contributed by atoms with van der Waals surface area (Å²) in [5, 5.41) is 50.7. The summed E-state index contributed by atoms with van der Waals surface area (Å²) in [6, 6.07) is -1.49. The number of aliphatic hydroxyl groups is 3. The fourth-order valence-corrected chi connectivity index (χ4v) is 6.73. The van der Waals surface area contributed by atoms with Crippen LogP contribution in [0.1, 0.15) is 47.3 Å². The van der Waals surface area contributed by atoms with E-state index < -0.39 is 69.6 Å². The molecule has 3 aliphatic carbocycles. The second-order valence-corrected chi connectivity index (χ2v) is 10.6. The molecular formula is C26H31FN4O7. The van der Waals surface area contributed by atoms with Crippen molar-refractivity contribution in [3.63, 3.8) is 0 Å². The maximum Gasteiger partial charge on any atom is 0.255 e. The quantitative estimate of drug-likeness (QED) is 0.216. The molecule has 1 amide bonds. The highest BCUT2D eigenvalue weighted by atomic mass is 19.1. The van der Waals surface area contributed by atoms with Gasteiger partial charge >= 0.3 is 0 Å². The number of likely N-dealkylation sites (N-methyl/N-ethyl adjacent to an activating group) is 1. The van der Waals surface area contributed by atoms with Gasteiger partial charge in [-0.15, -0.1) is 0 Å². The highest BCUT2D eigenvalue weighted by molar-refractivity contribution is 6.25. The second-order valence-electron chi connectivity index (χ2n) is 10.6. The number of benzene rings is 1. The molecule has 1 aromatic carbocycles. The zero-order valence-corrected chi connectivity index (χ0v) is 21.3. The third-order valence-electron chi connectivity index (χ3n) is 8.44. The average molecular weight is 531 g/mol. The maximum atomic E-state index is 16.1. The molecule has 1 aromatic rings. The second kappa shape index (κ2) is 8.79. The summed E-state index contributed by atoms with van der Waals surface area (Å²) in [7, 11) is 3.59. The number of anilines is 1. The summed E-state index contributed by atoms with van der Waals surface area (Å²) < 4.78 is 16.1. The first-order valence-electron chi connectivity index (χ1n) is 12.6. The smallest absolute Gasteiger partial charge is 0.255 e. The molecule has 5 rings (SSSR count). The van der Waals surface area contributed by atoms with E-state index in [1.54, 1.807) is 21.0 Å². The number of carbonyl (C=O) groups is 3. The third-order valence-corrected chi connectivity index (χ3v) is 8.44. The van der Waals surface area contributed by atoms with Crippen LogP contribution in [0.25, 0.3) is 0 Å². The van der Waals surface area contributed by atoms with Gasteiger partial charge in [0.15, 0.2) is 17.1 Å². The standard InChI is InChI=1S/C26H31FN4O7/c1-4-29-18-11-8-9-7-10-14(21(33)19-15(17(10)27)12(31(2)3)5-6-30-19)20(32)13(9)23(35)26(11,38)24(36)16(22(18)34)25(28)37/h9,11-12,18,29-30,33-35,38H,4-8H2,1-3H3,(H2,28,37)/t9-,11-,12?,18-,26-/m0/s1. The van der Waals surface area contributed by atoms with Crippen LogP contribution in [-0.2, 0) is 16.0 Å². The Morgan fingerprint density at radius 2 is 1.95 bits per heavy atom. The number of Topliss-reactive ketones (excluding diaryl/α,β-unsaturated/α-hetero) is 2. The van der Waals surface area contributed by atoms with E-state index in [-0.39, 0.29) is 53.4 Å². The van der Waals surface area contributed by atoms with Gasteiger partial charge in [0.2, 0.25) is 5.78 Å². The average Bonchev–Trinajstić information content (AvgIpc) is 2.86. The summed E-state index contributed by atoms with van der Waals surface area (Å²) in [5.74, 6) is -8.29. The molecule has 8 N–H and O–H groups in total. The van der Waals surface area contributed by atoms with Crippen molar-refractivity contribution in [3.8, 4) is 5.75 Å².